The number of hydrogen-bond donors (Lipinski definition) is 1. The van der Waals surface area contributed by atoms with Crippen molar-refractivity contribution in [3.05, 3.63) is 30.3 Å². The molecule has 7 nitrogen and oxygen atoms in total. The summed E-state index contributed by atoms with van der Waals surface area (Å²) in [6.45, 7) is 5.37. The van der Waals surface area contributed by atoms with E-state index in [-0.39, 0.29) is 17.9 Å². The number of fused-ring (bicyclic) bond motifs is 1. The van der Waals surface area contributed by atoms with Crippen molar-refractivity contribution >= 4 is 23.6 Å². The molecule has 0 bridgehead atoms. The summed E-state index contributed by atoms with van der Waals surface area (Å²) in [4.78, 5) is 42.4. The van der Waals surface area contributed by atoms with Crippen LogP contribution in [0.15, 0.2) is 30.3 Å². The van der Waals surface area contributed by atoms with E-state index in [4.69, 9.17) is 4.74 Å². The first-order chi connectivity index (χ1) is 14.2. The smallest absolute Gasteiger partial charge is 0.408 e. The second-order valence-electron chi connectivity index (χ2n) is 9.21. The van der Waals surface area contributed by atoms with E-state index in [1.807, 2.05) is 30.3 Å². The molecule has 1 aromatic carbocycles. The summed E-state index contributed by atoms with van der Waals surface area (Å²) in [5.41, 5.74) is 0.163. The second kappa shape index (κ2) is 9.06. The lowest BCUT2D eigenvalue weighted by atomic mass is 9.99. The van der Waals surface area contributed by atoms with Crippen LogP contribution in [0.1, 0.15) is 59.3 Å². The van der Waals surface area contributed by atoms with Crippen LogP contribution < -0.4 is 10.2 Å². The number of likely N-dealkylation sites (N-methyl/N-ethyl adjacent to an activating group) is 1. The third-order valence-corrected chi connectivity index (χ3v) is 5.79. The van der Waals surface area contributed by atoms with E-state index in [9.17, 15) is 14.4 Å². The minimum absolute atomic E-state index is 0.0406. The minimum atomic E-state index is -0.668. The minimum Gasteiger partial charge on any atom is -0.444 e. The highest BCUT2D eigenvalue weighted by Gasteiger charge is 2.45. The summed E-state index contributed by atoms with van der Waals surface area (Å²) >= 11 is 0. The topological polar surface area (TPSA) is 79.0 Å². The van der Waals surface area contributed by atoms with Gasteiger partial charge in [-0.1, -0.05) is 31.0 Å². The van der Waals surface area contributed by atoms with Crippen molar-refractivity contribution < 1.29 is 19.1 Å². The third-order valence-electron chi connectivity index (χ3n) is 5.79. The molecule has 0 unspecified atom stereocenters. The maximum Gasteiger partial charge on any atom is 0.408 e. The molecule has 3 atom stereocenters. The van der Waals surface area contributed by atoms with Crippen molar-refractivity contribution in [1.29, 1.82) is 0 Å². The standard InChI is InChI=1S/C23H33N3O4/c1-23(2,3)30-22(29)24-18-13-9-8-12-17-14-15-19(26(17)20(18)27)21(28)25(4)16-10-6-5-7-11-16/h5-7,10-11,17-19H,8-9,12-15H2,1-4H3,(H,24,29)/t17-,18-,19-/m0/s1. The first kappa shape index (κ1) is 22.1. The average Bonchev–Trinajstić information content (AvgIpc) is 3.10. The zero-order valence-corrected chi connectivity index (χ0v) is 18.4. The van der Waals surface area contributed by atoms with Crippen LogP contribution in [-0.4, -0.2) is 53.6 Å². The quantitative estimate of drug-likeness (QED) is 0.820. The van der Waals surface area contributed by atoms with Gasteiger partial charge in [-0.2, -0.15) is 0 Å². The molecule has 0 radical (unpaired) electrons. The Bertz CT molecular complexity index is 774. The maximum atomic E-state index is 13.4. The van der Waals surface area contributed by atoms with Gasteiger partial charge in [0.2, 0.25) is 11.8 Å². The van der Waals surface area contributed by atoms with Gasteiger partial charge in [-0.15, -0.1) is 0 Å². The Morgan fingerprint density at radius 2 is 1.73 bits per heavy atom. The second-order valence-corrected chi connectivity index (χ2v) is 9.21. The fourth-order valence-corrected chi connectivity index (χ4v) is 4.36. The van der Waals surface area contributed by atoms with Gasteiger partial charge in [0.05, 0.1) is 0 Å². The molecular weight excluding hydrogens is 382 g/mol. The highest BCUT2D eigenvalue weighted by atomic mass is 16.6. The highest BCUT2D eigenvalue weighted by Crippen LogP contribution is 2.32. The van der Waals surface area contributed by atoms with Gasteiger partial charge in [0.15, 0.2) is 0 Å². The summed E-state index contributed by atoms with van der Waals surface area (Å²) < 4.78 is 5.35. The Morgan fingerprint density at radius 1 is 1.07 bits per heavy atom. The predicted octanol–water partition coefficient (Wildman–Crippen LogP) is 3.48. The molecule has 30 heavy (non-hydrogen) atoms. The lowest BCUT2D eigenvalue weighted by Gasteiger charge is -2.36. The van der Waals surface area contributed by atoms with E-state index in [0.717, 1.165) is 31.4 Å². The van der Waals surface area contributed by atoms with Gasteiger partial charge in [0.1, 0.15) is 17.7 Å². The number of alkyl carbamates (subject to hydrolysis) is 1. The number of nitrogens with zero attached hydrogens (tertiary/aromatic N) is 2. The number of nitrogens with one attached hydrogen (secondary N) is 1. The SMILES string of the molecule is CN(C(=O)[C@@H]1CC[C@@H]2CCCC[C@H](NC(=O)OC(C)(C)C)C(=O)N21)c1ccccc1. The van der Waals surface area contributed by atoms with Crippen molar-refractivity contribution in [2.75, 3.05) is 11.9 Å². The molecule has 2 heterocycles. The summed E-state index contributed by atoms with van der Waals surface area (Å²) in [7, 11) is 1.75. The summed E-state index contributed by atoms with van der Waals surface area (Å²) in [5.74, 6) is -0.267. The van der Waals surface area contributed by atoms with Gasteiger partial charge < -0.3 is 19.9 Å². The molecule has 1 aromatic rings. The molecule has 1 N–H and O–H groups in total. The van der Waals surface area contributed by atoms with E-state index < -0.39 is 23.8 Å². The fraction of sp³-hybridized carbons (Fsp3) is 0.609. The van der Waals surface area contributed by atoms with Gasteiger partial charge in [-0.3, -0.25) is 9.59 Å². The van der Waals surface area contributed by atoms with Crippen molar-refractivity contribution in [1.82, 2.24) is 10.2 Å². The molecule has 3 amide bonds. The van der Waals surface area contributed by atoms with Crippen LogP contribution in [0.5, 0.6) is 0 Å². The molecule has 164 valence electrons. The molecule has 7 heteroatoms. The zero-order chi connectivity index (χ0) is 21.9. The zero-order valence-electron chi connectivity index (χ0n) is 18.4. The van der Waals surface area contributed by atoms with Crippen molar-refractivity contribution in [3.8, 4) is 0 Å². The van der Waals surface area contributed by atoms with Gasteiger partial charge in [-0.05, 0) is 58.6 Å². The summed E-state index contributed by atoms with van der Waals surface area (Å²) in [5, 5.41) is 2.75. The Labute approximate surface area is 178 Å². The molecule has 2 aliphatic heterocycles. The van der Waals surface area contributed by atoms with E-state index in [2.05, 4.69) is 5.32 Å². The molecule has 0 aromatic heterocycles. The van der Waals surface area contributed by atoms with Crippen LogP contribution in [0.3, 0.4) is 0 Å². The third kappa shape index (κ3) is 5.12. The maximum absolute atomic E-state index is 13.4. The van der Waals surface area contributed by atoms with E-state index in [1.54, 1.807) is 37.6 Å². The lowest BCUT2D eigenvalue weighted by Crippen LogP contribution is -2.57. The summed E-state index contributed by atoms with van der Waals surface area (Å²) in [6, 6.07) is 8.31. The molecule has 2 fully saturated rings. The summed E-state index contributed by atoms with van der Waals surface area (Å²) in [6.07, 6.45) is 4.13. The number of amides is 3. The van der Waals surface area contributed by atoms with E-state index >= 15 is 0 Å². The van der Waals surface area contributed by atoms with Crippen LogP contribution in [-0.2, 0) is 14.3 Å². The largest absolute Gasteiger partial charge is 0.444 e. The van der Waals surface area contributed by atoms with Crippen molar-refractivity contribution in [2.24, 2.45) is 0 Å². The van der Waals surface area contributed by atoms with Crippen LogP contribution in [0, 0.1) is 0 Å². The number of carbonyl (C=O) groups is 3. The number of benzene rings is 1. The van der Waals surface area contributed by atoms with Crippen molar-refractivity contribution in [3.63, 3.8) is 0 Å². The number of carbonyl (C=O) groups excluding carboxylic acids is 3. The first-order valence-electron chi connectivity index (χ1n) is 10.8. The average molecular weight is 416 g/mol. The van der Waals surface area contributed by atoms with Gasteiger partial charge in [0.25, 0.3) is 0 Å². The predicted molar refractivity (Wildman–Crippen MR) is 115 cm³/mol. The Balaban J connectivity index is 1.77. The van der Waals surface area contributed by atoms with Crippen LogP contribution in [0.25, 0.3) is 0 Å². The number of ether oxygens (including phenoxy) is 1. The van der Waals surface area contributed by atoms with Crippen molar-refractivity contribution in [2.45, 2.75) is 83.0 Å². The van der Waals surface area contributed by atoms with Gasteiger partial charge in [-0.25, -0.2) is 4.79 Å². The molecule has 0 spiro atoms. The van der Waals surface area contributed by atoms with Gasteiger partial charge in [0, 0.05) is 18.8 Å². The van der Waals surface area contributed by atoms with Gasteiger partial charge >= 0.3 is 6.09 Å². The van der Waals surface area contributed by atoms with E-state index in [1.165, 1.54) is 0 Å². The number of hydrogen-bond acceptors (Lipinski definition) is 4. The van der Waals surface area contributed by atoms with Crippen LogP contribution >= 0.6 is 0 Å². The van der Waals surface area contributed by atoms with Crippen LogP contribution in [0.4, 0.5) is 10.5 Å². The Morgan fingerprint density at radius 3 is 2.40 bits per heavy atom. The Kier molecular flexibility index (Phi) is 6.68. The molecule has 2 saturated heterocycles. The normalized spacial score (nSPS) is 24.5. The monoisotopic (exact) mass is 415 g/mol. The molecule has 0 aliphatic carbocycles. The number of para-hydroxylation sites is 1. The first-order valence-corrected chi connectivity index (χ1v) is 10.8. The molecule has 0 saturated carbocycles. The number of rotatable bonds is 3. The number of anilines is 1. The molecule has 3 rings (SSSR count). The molecule has 2 aliphatic rings. The van der Waals surface area contributed by atoms with E-state index in [0.29, 0.717) is 12.8 Å². The molecular formula is C23H33N3O4. The fourth-order valence-electron chi connectivity index (χ4n) is 4.36. The van der Waals surface area contributed by atoms with Crippen LogP contribution in [0.2, 0.25) is 0 Å². The Hall–Kier alpha value is -2.57. The highest BCUT2D eigenvalue weighted by molar-refractivity contribution is 6.00. The lowest BCUT2D eigenvalue weighted by molar-refractivity contribution is -0.142.